The van der Waals surface area contributed by atoms with E-state index in [-0.39, 0.29) is 0 Å². The van der Waals surface area contributed by atoms with Crippen LogP contribution in [0, 0.1) is 0 Å². The van der Waals surface area contributed by atoms with E-state index in [0.717, 1.165) is 6.54 Å². The zero-order chi connectivity index (χ0) is 12.5. The van der Waals surface area contributed by atoms with Gasteiger partial charge in [-0.25, -0.2) is 0 Å². The van der Waals surface area contributed by atoms with Gasteiger partial charge in [0.1, 0.15) is 0 Å². The number of fused-ring (bicyclic) bond motifs is 1. The van der Waals surface area contributed by atoms with Crippen LogP contribution in [0.2, 0.25) is 0 Å². The zero-order valence-corrected chi connectivity index (χ0v) is 12.7. The summed E-state index contributed by atoms with van der Waals surface area (Å²) in [4.78, 5) is 0. The van der Waals surface area contributed by atoms with Gasteiger partial charge in [0, 0.05) is 21.8 Å². The van der Waals surface area contributed by atoms with Gasteiger partial charge in [0.25, 0.3) is 0 Å². The molecule has 1 aromatic heterocycles. The molecule has 1 aliphatic carbocycles. The van der Waals surface area contributed by atoms with Crippen LogP contribution in [0.15, 0.2) is 39.5 Å². The Morgan fingerprint density at radius 1 is 1.39 bits per heavy atom. The molecular weight excluding hydrogens is 306 g/mol. The molecule has 2 aromatic rings. The van der Waals surface area contributed by atoms with Crippen molar-refractivity contribution in [1.29, 1.82) is 0 Å². The molecule has 1 heterocycles. The summed E-state index contributed by atoms with van der Waals surface area (Å²) in [6.07, 6.45) is 1.19. The Bertz CT molecular complexity index is 549. The van der Waals surface area contributed by atoms with E-state index in [2.05, 4.69) is 63.2 Å². The fourth-order valence-electron chi connectivity index (χ4n) is 2.80. The highest BCUT2D eigenvalue weighted by Gasteiger charge is 2.34. The number of likely N-dealkylation sites (N-methyl/N-ethyl adjacent to an activating group) is 1. The van der Waals surface area contributed by atoms with E-state index in [9.17, 15) is 0 Å². The number of hydrogen-bond acceptors (Lipinski definition) is 2. The lowest BCUT2D eigenvalue weighted by molar-refractivity contribution is 0.419. The molecule has 1 aromatic carbocycles. The summed E-state index contributed by atoms with van der Waals surface area (Å²) in [5.41, 5.74) is 4.43. The van der Waals surface area contributed by atoms with E-state index in [0.29, 0.717) is 12.0 Å². The Morgan fingerprint density at radius 3 is 2.89 bits per heavy atom. The van der Waals surface area contributed by atoms with Crippen molar-refractivity contribution in [1.82, 2.24) is 5.32 Å². The summed E-state index contributed by atoms with van der Waals surface area (Å²) in [5, 5.41) is 8.08. The molecule has 0 amide bonds. The highest BCUT2D eigenvalue weighted by molar-refractivity contribution is 9.10. The fraction of sp³-hybridized carbons (Fsp3) is 0.333. The van der Waals surface area contributed by atoms with E-state index in [1.54, 1.807) is 11.3 Å². The maximum atomic E-state index is 3.67. The molecule has 1 aliphatic rings. The average Bonchev–Trinajstić information content (AvgIpc) is 2.76. The van der Waals surface area contributed by atoms with Crippen LogP contribution < -0.4 is 5.32 Å². The Labute approximate surface area is 120 Å². The van der Waals surface area contributed by atoms with E-state index in [1.807, 2.05) is 0 Å². The molecule has 0 radical (unpaired) electrons. The number of halogens is 1. The van der Waals surface area contributed by atoms with Crippen LogP contribution in [-0.4, -0.2) is 6.54 Å². The molecule has 2 unspecified atom stereocenters. The predicted octanol–water partition coefficient (Wildman–Crippen LogP) is 4.50. The van der Waals surface area contributed by atoms with Gasteiger partial charge in [0.2, 0.25) is 0 Å². The average molecular weight is 322 g/mol. The van der Waals surface area contributed by atoms with Crippen LogP contribution in [-0.2, 0) is 6.42 Å². The molecule has 0 saturated carbocycles. The van der Waals surface area contributed by atoms with E-state index in [1.165, 1.54) is 27.6 Å². The molecule has 3 heteroatoms. The fourth-order valence-corrected chi connectivity index (χ4v) is 4.38. The normalized spacial score (nSPS) is 19.1. The maximum Gasteiger partial charge on any atom is 0.0412 e. The topological polar surface area (TPSA) is 12.0 Å². The summed E-state index contributed by atoms with van der Waals surface area (Å²) in [7, 11) is 0. The monoisotopic (exact) mass is 321 g/mol. The SMILES string of the molecule is CCNC(c1cscc1Br)C1Cc2ccccc21. The molecule has 18 heavy (non-hydrogen) atoms. The maximum absolute atomic E-state index is 3.67. The number of hydrogen-bond donors (Lipinski definition) is 1. The third-order valence-electron chi connectivity index (χ3n) is 3.70. The molecular formula is C15H16BrNS. The molecule has 1 nitrogen and oxygen atoms in total. The minimum absolute atomic E-state index is 0.436. The molecule has 0 aliphatic heterocycles. The van der Waals surface area contributed by atoms with Crippen molar-refractivity contribution in [2.75, 3.05) is 6.54 Å². The second-order valence-corrected chi connectivity index (χ2v) is 6.32. The van der Waals surface area contributed by atoms with Gasteiger partial charge < -0.3 is 5.32 Å². The third-order valence-corrected chi connectivity index (χ3v) is 5.45. The summed E-state index contributed by atoms with van der Waals surface area (Å²) in [5.74, 6) is 0.618. The van der Waals surface area contributed by atoms with Gasteiger partial charge in [0.05, 0.1) is 0 Å². The van der Waals surface area contributed by atoms with Crippen LogP contribution in [0.3, 0.4) is 0 Å². The van der Waals surface area contributed by atoms with Gasteiger partial charge in [-0.2, -0.15) is 11.3 Å². The van der Waals surface area contributed by atoms with Gasteiger partial charge in [-0.3, -0.25) is 0 Å². The van der Waals surface area contributed by atoms with Crippen LogP contribution in [0.25, 0.3) is 0 Å². The Balaban J connectivity index is 1.91. The molecule has 0 spiro atoms. The summed E-state index contributed by atoms with van der Waals surface area (Å²) in [6, 6.07) is 9.24. The molecule has 0 fully saturated rings. The first-order valence-corrected chi connectivity index (χ1v) is 8.07. The summed E-state index contributed by atoms with van der Waals surface area (Å²) < 4.78 is 1.24. The van der Waals surface area contributed by atoms with Gasteiger partial charge in [0.15, 0.2) is 0 Å². The lowest BCUT2D eigenvalue weighted by atomic mass is 9.72. The Hall–Kier alpha value is -0.640. The highest BCUT2D eigenvalue weighted by Crippen LogP contribution is 2.45. The van der Waals surface area contributed by atoms with Crippen molar-refractivity contribution in [2.24, 2.45) is 0 Å². The van der Waals surface area contributed by atoms with Crippen LogP contribution in [0.4, 0.5) is 0 Å². The standard InChI is InChI=1S/C15H16BrNS/c1-2-17-15(13-8-18-9-14(13)16)12-7-10-5-3-4-6-11(10)12/h3-6,8-9,12,15,17H,2,7H2,1H3. The molecule has 0 bridgehead atoms. The van der Waals surface area contributed by atoms with Crippen molar-refractivity contribution in [3.8, 4) is 0 Å². The van der Waals surface area contributed by atoms with Gasteiger partial charge >= 0.3 is 0 Å². The van der Waals surface area contributed by atoms with Crippen molar-refractivity contribution >= 4 is 27.3 Å². The molecule has 2 atom stereocenters. The predicted molar refractivity (Wildman–Crippen MR) is 81.3 cm³/mol. The number of nitrogens with one attached hydrogen (secondary N) is 1. The van der Waals surface area contributed by atoms with E-state index in [4.69, 9.17) is 0 Å². The molecule has 1 N–H and O–H groups in total. The first kappa shape index (κ1) is 12.4. The minimum Gasteiger partial charge on any atom is -0.310 e. The second-order valence-electron chi connectivity index (χ2n) is 4.72. The van der Waals surface area contributed by atoms with Crippen LogP contribution in [0.1, 0.15) is 35.6 Å². The van der Waals surface area contributed by atoms with Crippen molar-refractivity contribution in [2.45, 2.75) is 25.3 Å². The minimum atomic E-state index is 0.436. The first-order valence-electron chi connectivity index (χ1n) is 6.34. The largest absolute Gasteiger partial charge is 0.310 e. The van der Waals surface area contributed by atoms with Crippen molar-refractivity contribution in [3.63, 3.8) is 0 Å². The summed E-state index contributed by atoms with van der Waals surface area (Å²) >= 11 is 5.44. The van der Waals surface area contributed by atoms with Crippen LogP contribution >= 0.6 is 27.3 Å². The Morgan fingerprint density at radius 2 is 2.22 bits per heavy atom. The highest BCUT2D eigenvalue weighted by atomic mass is 79.9. The second kappa shape index (κ2) is 5.16. The van der Waals surface area contributed by atoms with E-state index >= 15 is 0 Å². The molecule has 94 valence electrons. The number of benzene rings is 1. The van der Waals surface area contributed by atoms with E-state index < -0.39 is 0 Å². The van der Waals surface area contributed by atoms with Crippen LogP contribution in [0.5, 0.6) is 0 Å². The van der Waals surface area contributed by atoms with Gasteiger partial charge in [-0.1, -0.05) is 31.2 Å². The lowest BCUT2D eigenvalue weighted by Gasteiger charge is -2.37. The number of thiophene rings is 1. The first-order chi connectivity index (χ1) is 8.81. The quantitative estimate of drug-likeness (QED) is 0.874. The molecule has 0 saturated heterocycles. The smallest absolute Gasteiger partial charge is 0.0412 e. The van der Waals surface area contributed by atoms with Gasteiger partial charge in [-0.05, 0) is 51.0 Å². The molecule has 3 rings (SSSR count). The lowest BCUT2D eigenvalue weighted by Crippen LogP contribution is -2.33. The Kier molecular flexibility index (Phi) is 3.55. The van der Waals surface area contributed by atoms with Crippen molar-refractivity contribution in [3.05, 3.63) is 56.2 Å². The number of rotatable bonds is 4. The van der Waals surface area contributed by atoms with Gasteiger partial charge in [-0.15, -0.1) is 0 Å². The zero-order valence-electron chi connectivity index (χ0n) is 10.3. The summed E-state index contributed by atoms with van der Waals surface area (Å²) in [6.45, 7) is 3.18. The third kappa shape index (κ3) is 2.04. The van der Waals surface area contributed by atoms with Crippen molar-refractivity contribution < 1.29 is 0 Å².